The van der Waals surface area contributed by atoms with Crippen LogP contribution in [0.25, 0.3) is 0 Å². The Morgan fingerprint density at radius 1 is 0.929 bits per heavy atom. The van der Waals surface area contributed by atoms with E-state index in [2.05, 4.69) is 16.0 Å². The van der Waals surface area contributed by atoms with E-state index in [0.29, 0.717) is 13.1 Å². The molecule has 0 aliphatic carbocycles. The summed E-state index contributed by atoms with van der Waals surface area (Å²) in [7, 11) is 0. The summed E-state index contributed by atoms with van der Waals surface area (Å²) < 4.78 is 0. The molecule has 1 radical (unpaired) electrons. The summed E-state index contributed by atoms with van der Waals surface area (Å²) in [5.41, 5.74) is 5.30. The first kappa shape index (κ1) is 17.3. The molecule has 83 valence electrons. The van der Waals surface area contributed by atoms with Crippen molar-refractivity contribution in [2.75, 3.05) is 45.8 Å². The molecule has 0 fully saturated rings. The fourth-order valence-corrected chi connectivity index (χ4v) is 0.872. The van der Waals surface area contributed by atoms with Crippen molar-refractivity contribution in [3.63, 3.8) is 0 Å². The summed E-state index contributed by atoms with van der Waals surface area (Å²) in [4.78, 5) is 0. The topological polar surface area (TPSA) is 82.3 Å². The minimum absolute atomic E-state index is 0. The Balaban J connectivity index is 0. The fourth-order valence-electron chi connectivity index (χ4n) is 0.872. The maximum atomic E-state index is 8.34. The maximum Gasteiger partial charge on any atom is 0.00772 e. The van der Waals surface area contributed by atoms with Crippen LogP contribution in [0.1, 0.15) is 0 Å². The number of nitrogens with one attached hydrogen (secondary N) is 3. The zero-order valence-corrected chi connectivity index (χ0v) is 11.5. The van der Waals surface area contributed by atoms with Gasteiger partial charge in [-0.2, -0.15) is 0 Å². The van der Waals surface area contributed by atoms with Crippen molar-refractivity contribution in [3.8, 4) is 0 Å². The van der Waals surface area contributed by atoms with E-state index < -0.39 is 0 Å². The Bertz CT molecular complexity index is 87.4. The van der Waals surface area contributed by atoms with E-state index in [1.807, 2.05) is 0 Å². The van der Waals surface area contributed by atoms with Gasteiger partial charge in [-0.25, -0.2) is 6.61 Å². The van der Waals surface area contributed by atoms with E-state index in [-0.39, 0.29) is 32.7 Å². The molecular weight excluding hydrogens is 257 g/mol. The number of nitrogens with two attached hydrogens (primary N) is 1. The molecule has 0 aromatic heterocycles. The third-order valence-electron chi connectivity index (χ3n) is 1.51. The van der Waals surface area contributed by atoms with Gasteiger partial charge < -0.3 is 26.8 Å². The van der Waals surface area contributed by atoms with E-state index in [9.17, 15) is 0 Å². The largest absolute Gasteiger partial charge is 0.565 e. The average Bonchev–Trinajstić information content (AvgIpc) is 2.16. The number of rotatable bonds is 10. The van der Waals surface area contributed by atoms with E-state index in [1.165, 1.54) is 0 Å². The fraction of sp³-hybridized carbons (Fsp3) is 0.875. The molecular formula is C8H21N4OY-. The van der Waals surface area contributed by atoms with Gasteiger partial charge in [0.25, 0.3) is 0 Å². The monoisotopic (exact) mass is 278 g/mol. The molecule has 0 heterocycles. The first-order chi connectivity index (χ1) is 6.41. The molecule has 6 N–H and O–H groups in total. The molecule has 0 aromatic rings. The van der Waals surface area contributed by atoms with Crippen molar-refractivity contribution < 1.29 is 37.8 Å². The van der Waals surface area contributed by atoms with Crippen LogP contribution in [0, 0.1) is 6.61 Å². The van der Waals surface area contributed by atoms with Crippen LogP contribution < -0.4 is 21.7 Å². The Morgan fingerprint density at radius 3 is 1.93 bits per heavy atom. The molecule has 0 saturated heterocycles. The quantitative estimate of drug-likeness (QED) is 0.242. The van der Waals surface area contributed by atoms with Gasteiger partial charge in [0.05, 0.1) is 0 Å². The Morgan fingerprint density at radius 2 is 1.43 bits per heavy atom. The molecule has 0 spiro atoms. The zero-order chi connectivity index (χ0) is 9.78. The van der Waals surface area contributed by atoms with Crippen LogP contribution in [0.2, 0.25) is 0 Å². The molecule has 0 saturated carbocycles. The second-order valence-corrected chi connectivity index (χ2v) is 2.68. The normalized spacial score (nSPS) is 9.86. The zero-order valence-electron chi connectivity index (χ0n) is 8.63. The molecule has 0 aromatic carbocycles. The van der Waals surface area contributed by atoms with Crippen molar-refractivity contribution in [1.29, 1.82) is 0 Å². The van der Waals surface area contributed by atoms with Crippen molar-refractivity contribution >= 4 is 0 Å². The number of aliphatic hydroxyl groups excluding tert-OH is 1. The first-order valence-electron chi connectivity index (χ1n) is 4.70. The number of hydrogen-bond acceptors (Lipinski definition) is 5. The molecule has 14 heavy (non-hydrogen) atoms. The minimum atomic E-state index is 0. The summed E-state index contributed by atoms with van der Waals surface area (Å²) >= 11 is 0. The van der Waals surface area contributed by atoms with E-state index >= 15 is 0 Å². The minimum Gasteiger partial charge on any atom is -0.565 e. The molecule has 0 rings (SSSR count). The Labute approximate surface area is 111 Å². The predicted molar refractivity (Wildman–Crippen MR) is 53.9 cm³/mol. The SMILES string of the molecule is NCCNCCNCCNC[CH-]O.[Y]. The summed E-state index contributed by atoms with van der Waals surface area (Å²) in [6.45, 7) is 6.91. The van der Waals surface area contributed by atoms with Gasteiger partial charge in [0.1, 0.15) is 0 Å². The molecule has 0 aliphatic rings. The van der Waals surface area contributed by atoms with Gasteiger partial charge in [-0.3, -0.25) is 0 Å². The second kappa shape index (κ2) is 16.3. The molecule has 0 amide bonds. The van der Waals surface area contributed by atoms with Crippen molar-refractivity contribution in [2.45, 2.75) is 0 Å². The molecule has 0 atom stereocenters. The molecule has 6 heteroatoms. The summed E-state index contributed by atoms with van der Waals surface area (Å²) in [6.07, 6.45) is 0. The van der Waals surface area contributed by atoms with E-state index in [1.54, 1.807) is 0 Å². The van der Waals surface area contributed by atoms with Gasteiger partial charge in [0.2, 0.25) is 0 Å². The van der Waals surface area contributed by atoms with E-state index in [4.69, 9.17) is 10.8 Å². The van der Waals surface area contributed by atoms with Gasteiger partial charge in [-0.05, 0) is 0 Å². The molecule has 0 unspecified atom stereocenters. The number of aliphatic hydroxyl groups is 1. The van der Waals surface area contributed by atoms with Crippen LogP contribution in [0.4, 0.5) is 0 Å². The van der Waals surface area contributed by atoms with Crippen LogP contribution in [-0.4, -0.2) is 50.9 Å². The van der Waals surface area contributed by atoms with Gasteiger partial charge >= 0.3 is 0 Å². The van der Waals surface area contributed by atoms with Crippen LogP contribution in [-0.2, 0) is 32.7 Å². The standard InChI is InChI=1S/C8H21N4O.Y/c9-1-2-10-3-4-11-5-6-12-7-8-13;/h8,10-13H,1-7,9H2;/q-1;. The van der Waals surface area contributed by atoms with Crippen LogP contribution in [0.5, 0.6) is 0 Å². The molecule has 5 nitrogen and oxygen atoms in total. The molecule has 0 aliphatic heterocycles. The average molecular weight is 278 g/mol. The Hall–Kier alpha value is 0.904. The van der Waals surface area contributed by atoms with Crippen LogP contribution in [0.3, 0.4) is 0 Å². The van der Waals surface area contributed by atoms with Gasteiger partial charge in [0.15, 0.2) is 0 Å². The third kappa shape index (κ3) is 15.4. The predicted octanol–water partition coefficient (Wildman–Crippen LogP) is -1.75. The van der Waals surface area contributed by atoms with Gasteiger partial charge in [0, 0.05) is 72.0 Å². The summed E-state index contributed by atoms with van der Waals surface area (Å²) in [5.74, 6) is 0. The second-order valence-electron chi connectivity index (χ2n) is 2.68. The smallest absolute Gasteiger partial charge is 0.00772 e. The van der Waals surface area contributed by atoms with Crippen LogP contribution >= 0.6 is 0 Å². The van der Waals surface area contributed by atoms with Crippen molar-refractivity contribution in [2.24, 2.45) is 5.73 Å². The summed E-state index contributed by atoms with van der Waals surface area (Å²) in [6, 6.07) is 0. The molecule has 0 bridgehead atoms. The van der Waals surface area contributed by atoms with E-state index in [0.717, 1.165) is 39.3 Å². The third-order valence-corrected chi connectivity index (χ3v) is 1.51. The van der Waals surface area contributed by atoms with Crippen molar-refractivity contribution in [3.05, 3.63) is 6.61 Å². The van der Waals surface area contributed by atoms with Gasteiger partial charge in [-0.15, -0.1) is 6.54 Å². The summed E-state index contributed by atoms with van der Waals surface area (Å²) in [5, 5.41) is 17.8. The number of hydrogen-bond donors (Lipinski definition) is 5. The maximum absolute atomic E-state index is 8.34. The van der Waals surface area contributed by atoms with Crippen molar-refractivity contribution in [1.82, 2.24) is 16.0 Å². The van der Waals surface area contributed by atoms with Gasteiger partial charge in [-0.1, -0.05) is 0 Å². The Kier molecular flexibility index (Phi) is 20.2. The first-order valence-corrected chi connectivity index (χ1v) is 4.70. The van der Waals surface area contributed by atoms with Crippen LogP contribution in [0.15, 0.2) is 0 Å².